The molecular formula is C31H29F3N2O5. The summed E-state index contributed by atoms with van der Waals surface area (Å²) in [5, 5.41) is 3.23. The van der Waals surface area contributed by atoms with Gasteiger partial charge >= 0.3 is 12.1 Å². The molecule has 214 valence electrons. The molecule has 0 saturated heterocycles. The highest BCUT2D eigenvalue weighted by Gasteiger charge is 2.50. The average molecular weight is 567 g/mol. The van der Waals surface area contributed by atoms with E-state index in [-0.39, 0.29) is 57.9 Å². The third-order valence-corrected chi connectivity index (χ3v) is 7.50. The Bertz CT molecular complexity index is 1510. The first kappa shape index (κ1) is 28.1. The third kappa shape index (κ3) is 5.10. The van der Waals surface area contributed by atoms with Crippen LogP contribution in [-0.4, -0.2) is 39.2 Å². The molecule has 0 unspecified atom stereocenters. The first-order chi connectivity index (χ1) is 19.6. The number of rotatable bonds is 5. The summed E-state index contributed by atoms with van der Waals surface area (Å²) in [5.74, 6) is -2.09. The highest BCUT2D eigenvalue weighted by Crippen LogP contribution is 2.50. The van der Waals surface area contributed by atoms with Crippen LogP contribution in [0.2, 0.25) is 0 Å². The van der Waals surface area contributed by atoms with Gasteiger partial charge in [-0.1, -0.05) is 42.0 Å². The number of nitrogens with zero attached hydrogens (tertiary/aromatic N) is 1. The van der Waals surface area contributed by atoms with E-state index in [1.807, 2.05) is 31.2 Å². The van der Waals surface area contributed by atoms with Gasteiger partial charge in [0.1, 0.15) is 0 Å². The number of ketones is 1. The number of benzene rings is 3. The number of aryl methyl sites for hydroxylation is 1. The smallest absolute Gasteiger partial charge is 0.471 e. The van der Waals surface area contributed by atoms with Crippen molar-refractivity contribution in [3.8, 4) is 17.2 Å². The maximum atomic E-state index is 14.2. The summed E-state index contributed by atoms with van der Waals surface area (Å²) in [4.78, 5) is 27.9. The molecule has 1 N–H and O–H groups in total. The minimum atomic E-state index is -5.22. The molecule has 5 rings (SSSR count). The van der Waals surface area contributed by atoms with Crippen molar-refractivity contribution in [2.75, 3.05) is 31.5 Å². The fourth-order valence-electron chi connectivity index (χ4n) is 5.60. The summed E-state index contributed by atoms with van der Waals surface area (Å²) in [7, 11) is 4.17. The van der Waals surface area contributed by atoms with E-state index in [2.05, 4.69) is 5.32 Å². The predicted molar refractivity (Wildman–Crippen MR) is 148 cm³/mol. The van der Waals surface area contributed by atoms with Crippen LogP contribution in [0.4, 0.5) is 24.5 Å². The van der Waals surface area contributed by atoms with Crippen molar-refractivity contribution >= 4 is 23.1 Å². The number of fused-ring (bicyclic) bond motifs is 1. The lowest BCUT2D eigenvalue weighted by atomic mass is 9.78. The number of hydrogen-bond donors (Lipinski definition) is 1. The van der Waals surface area contributed by atoms with Crippen LogP contribution in [0, 0.1) is 6.92 Å². The van der Waals surface area contributed by atoms with E-state index < -0.39 is 18.1 Å². The number of carbonyl (C=O) groups excluding carboxylic acids is 2. The molecule has 0 aromatic heterocycles. The molecule has 0 fully saturated rings. The molecule has 1 amide bonds. The van der Waals surface area contributed by atoms with Crippen LogP contribution < -0.4 is 24.4 Å². The molecule has 0 radical (unpaired) electrons. The molecule has 7 nitrogen and oxygen atoms in total. The van der Waals surface area contributed by atoms with Crippen LogP contribution in [-0.2, 0) is 9.59 Å². The predicted octanol–water partition coefficient (Wildman–Crippen LogP) is 6.48. The van der Waals surface area contributed by atoms with Crippen LogP contribution in [0.3, 0.4) is 0 Å². The van der Waals surface area contributed by atoms with Crippen molar-refractivity contribution in [1.29, 1.82) is 0 Å². The molecule has 10 heteroatoms. The number of ether oxygens (including phenoxy) is 3. The van der Waals surface area contributed by atoms with E-state index >= 15 is 0 Å². The topological polar surface area (TPSA) is 77.1 Å². The molecule has 41 heavy (non-hydrogen) atoms. The number of para-hydroxylation sites is 2. The largest absolute Gasteiger partial charge is 0.493 e. The van der Waals surface area contributed by atoms with Crippen molar-refractivity contribution < 1.29 is 37.0 Å². The van der Waals surface area contributed by atoms with Crippen molar-refractivity contribution in [3.05, 3.63) is 88.6 Å². The Morgan fingerprint density at radius 3 is 2.12 bits per heavy atom. The first-order valence-corrected chi connectivity index (χ1v) is 13.0. The second-order valence-electron chi connectivity index (χ2n) is 10.0. The van der Waals surface area contributed by atoms with E-state index in [1.165, 1.54) is 39.5 Å². The van der Waals surface area contributed by atoms with Crippen LogP contribution in [0.15, 0.2) is 71.9 Å². The average Bonchev–Trinajstić information content (AvgIpc) is 3.10. The molecule has 0 bridgehead atoms. The molecular weight excluding hydrogens is 537 g/mol. The zero-order valence-corrected chi connectivity index (χ0v) is 23.0. The van der Waals surface area contributed by atoms with Crippen molar-refractivity contribution in [2.45, 2.75) is 37.9 Å². The number of alkyl halides is 3. The van der Waals surface area contributed by atoms with E-state index in [0.717, 1.165) is 11.1 Å². The number of allylic oxidation sites excluding steroid dienone is 1. The number of carbonyl (C=O) groups is 2. The van der Waals surface area contributed by atoms with Crippen LogP contribution >= 0.6 is 0 Å². The van der Waals surface area contributed by atoms with Gasteiger partial charge in [0.05, 0.1) is 38.7 Å². The maximum Gasteiger partial charge on any atom is 0.471 e. The van der Waals surface area contributed by atoms with E-state index in [0.29, 0.717) is 17.0 Å². The molecule has 0 spiro atoms. The molecule has 0 saturated carbocycles. The lowest BCUT2D eigenvalue weighted by Gasteiger charge is -2.35. The van der Waals surface area contributed by atoms with Gasteiger partial charge in [-0.05, 0) is 54.7 Å². The Balaban J connectivity index is 1.78. The summed E-state index contributed by atoms with van der Waals surface area (Å²) in [6, 6.07) is 15.6. The number of hydrogen-bond acceptors (Lipinski definition) is 6. The number of amides is 1. The zero-order valence-electron chi connectivity index (χ0n) is 23.0. The highest BCUT2D eigenvalue weighted by atomic mass is 19.4. The van der Waals surface area contributed by atoms with Crippen molar-refractivity contribution in [2.24, 2.45) is 0 Å². The van der Waals surface area contributed by atoms with Gasteiger partial charge in [-0.2, -0.15) is 13.2 Å². The van der Waals surface area contributed by atoms with Gasteiger partial charge in [0, 0.05) is 17.7 Å². The lowest BCUT2D eigenvalue weighted by Crippen LogP contribution is -2.45. The molecule has 1 heterocycles. The van der Waals surface area contributed by atoms with Crippen LogP contribution in [0.25, 0.3) is 0 Å². The zero-order chi connectivity index (χ0) is 29.5. The Hall–Kier alpha value is -4.47. The SMILES string of the molecule is COc1cc([C@@H]2C3=C(C[C@H](c4ccc(C)cc4)CC3=O)Nc3ccccc3N2C(=O)C(F)(F)F)cc(OC)c1OC. The standard InChI is InChI=1S/C31H29F3N2O5/c1-17-9-11-18(12-10-17)19-13-22-27(24(37)14-19)28(20-15-25(39-2)29(41-4)26(16-20)40-3)36(30(38)31(32,33)34)23-8-6-5-7-21(23)35-22/h5-12,15-16,19,28,35H,13-14H2,1-4H3/t19-,28+/m0/s1. The monoisotopic (exact) mass is 566 g/mol. The number of anilines is 2. The Kier molecular flexibility index (Phi) is 7.42. The van der Waals surface area contributed by atoms with Crippen molar-refractivity contribution in [3.63, 3.8) is 0 Å². The Labute approximate surface area is 235 Å². The van der Waals surface area contributed by atoms with Gasteiger partial charge in [0.2, 0.25) is 5.75 Å². The number of nitrogens with one attached hydrogen (secondary N) is 1. The maximum absolute atomic E-state index is 14.2. The molecule has 1 aliphatic heterocycles. The van der Waals surface area contributed by atoms with Gasteiger partial charge in [-0.25, -0.2) is 0 Å². The normalized spacial score (nSPS) is 18.6. The molecule has 1 aliphatic carbocycles. The van der Waals surface area contributed by atoms with Gasteiger partial charge in [-0.3, -0.25) is 14.5 Å². The molecule has 2 atom stereocenters. The summed E-state index contributed by atoms with van der Waals surface area (Å²) < 4.78 is 59.0. The Morgan fingerprint density at radius 2 is 1.54 bits per heavy atom. The van der Waals surface area contributed by atoms with E-state index in [4.69, 9.17) is 14.2 Å². The van der Waals surface area contributed by atoms with Gasteiger partial charge in [-0.15, -0.1) is 0 Å². The minimum absolute atomic E-state index is 0.0114. The highest BCUT2D eigenvalue weighted by molar-refractivity contribution is 6.07. The quantitative estimate of drug-likeness (QED) is 0.381. The first-order valence-electron chi connectivity index (χ1n) is 13.0. The van der Waals surface area contributed by atoms with Crippen LogP contribution in [0.1, 0.15) is 41.5 Å². The van der Waals surface area contributed by atoms with Crippen molar-refractivity contribution in [1.82, 2.24) is 0 Å². The molecule has 3 aromatic carbocycles. The Morgan fingerprint density at radius 1 is 0.902 bits per heavy atom. The second kappa shape index (κ2) is 10.8. The summed E-state index contributed by atoms with van der Waals surface area (Å²) in [6.45, 7) is 1.97. The number of Topliss-reactive ketones (excluding diaryl/α,β-unsaturated/α-hetero) is 1. The lowest BCUT2D eigenvalue weighted by molar-refractivity contribution is -0.170. The molecule has 2 aliphatic rings. The second-order valence-corrected chi connectivity index (χ2v) is 10.0. The van der Waals surface area contributed by atoms with Crippen LogP contribution in [0.5, 0.6) is 17.2 Å². The minimum Gasteiger partial charge on any atom is -0.493 e. The molecule has 3 aromatic rings. The third-order valence-electron chi connectivity index (χ3n) is 7.50. The van der Waals surface area contributed by atoms with Gasteiger partial charge < -0.3 is 19.5 Å². The fourth-order valence-corrected chi connectivity index (χ4v) is 5.60. The summed E-state index contributed by atoms with van der Waals surface area (Å²) in [5.41, 5.74) is 3.02. The summed E-state index contributed by atoms with van der Waals surface area (Å²) >= 11 is 0. The summed E-state index contributed by atoms with van der Waals surface area (Å²) in [6.07, 6.45) is -4.80. The van der Waals surface area contributed by atoms with E-state index in [9.17, 15) is 22.8 Å². The van der Waals surface area contributed by atoms with Gasteiger partial charge in [0.15, 0.2) is 17.3 Å². The fraction of sp³-hybridized carbons (Fsp3) is 0.290. The number of methoxy groups -OCH3 is 3. The van der Waals surface area contributed by atoms with E-state index in [1.54, 1.807) is 18.2 Å². The van der Waals surface area contributed by atoms with Gasteiger partial charge in [0.25, 0.3) is 0 Å². The number of halogens is 3.